The Morgan fingerprint density at radius 3 is 2.45 bits per heavy atom. The van der Waals surface area contributed by atoms with Gasteiger partial charge in [0.2, 0.25) is 0 Å². The Bertz CT molecular complexity index is 435. The van der Waals surface area contributed by atoms with Gasteiger partial charge in [-0.05, 0) is 56.2 Å². The van der Waals surface area contributed by atoms with Crippen molar-refractivity contribution < 1.29 is 0 Å². The van der Waals surface area contributed by atoms with E-state index in [1.165, 1.54) is 29.7 Å². The zero-order chi connectivity index (χ0) is 14.8. The average Bonchev–Trinajstić information content (AvgIpc) is 2.40. The van der Waals surface area contributed by atoms with E-state index >= 15 is 0 Å². The van der Waals surface area contributed by atoms with Crippen LogP contribution in [0.2, 0.25) is 0 Å². The summed E-state index contributed by atoms with van der Waals surface area (Å²) in [5.41, 5.74) is 1.84. The highest BCUT2D eigenvalue weighted by Gasteiger charge is 2.35. The fraction of sp³-hybridized carbons (Fsp3) is 0.667. The Hall–Kier alpha value is -0.470. The van der Waals surface area contributed by atoms with Crippen molar-refractivity contribution >= 4 is 11.8 Å². The fourth-order valence-corrected chi connectivity index (χ4v) is 4.73. The Balaban J connectivity index is 2.12. The van der Waals surface area contributed by atoms with E-state index in [4.69, 9.17) is 0 Å². The zero-order valence-electron chi connectivity index (χ0n) is 13.6. The molecule has 0 aromatic heterocycles. The molecule has 1 N–H and O–H groups in total. The molecule has 2 rings (SSSR count). The summed E-state index contributed by atoms with van der Waals surface area (Å²) < 4.78 is 0. The summed E-state index contributed by atoms with van der Waals surface area (Å²) >= 11 is 2.08. The van der Waals surface area contributed by atoms with Gasteiger partial charge in [0, 0.05) is 16.2 Å². The molecule has 3 atom stereocenters. The van der Waals surface area contributed by atoms with Crippen molar-refractivity contribution in [2.24, 2.45) is 11.3 Å². The van der Waals surface area contributed by atoms with E-state index in [0.717, 1.165) is 5.92 Å². The van der Waals surface area contributed by atoms with Crippen LogP contribution in [-0.4, -0.2) is 18.3 Å². The second-order valence-electron chi connectivity index (χ2n) is 7.19. The van der Waals surface area contributed by atoms with Crippen LogP contribution in [0.5, 0.6) is 0 Å². The van der Waals surface area contributed by atoms with Gasteiger partial charge in [0.25, 0.3) is 0 Å². The molecule has 1 aromatic rings. The molecule has 1 nitrogen and oxygen atoms in total. The van der Waals surface area contributed by atoms with Crippen LogP contribution in [0.15, 0.2) is 29.2 Å². The summed E-state index contributed by atoms with van der Waals surface area (Å²) in [7, 11) is 2.12. The molecule has 0 amide bonds. The number of nitrogens with one attached hydrogen (secondary N) is 1. The number of hydrogen-bond acceptors (Lipinski definition) is 2. The van der Waals surface area contributed by atoms with Gasteiger partial charge in [-0.1, -0.05) is 39.0 Å². The van der Waals surface area contributed by atoms with Gasteiger partial charge in [-0.15, -0.1) is 11.8 Å². The van der Waals surface area contributed by atoms with E-state index in [1.807, 2.05) is 0 Å². The van der Waals surface area contributed by atoms with Crippen LogP contribution in [0.3, 0.4) is 0 Å². The number of benzene rings is 1. The van der Waals surface area contributed by atoms with Gasteiger partial charge in [-0.3, -0.25) is 0 Å². The topological polar surface area (TPSA) is 12.0 Å². The maximum absolute atomic E-state index is 3.54. The molecular weight excluding hydrogens is 262 g/mol. The first-order valence-electron chi connectivity index (χ1n) is 7.81. The zero-order valence-corrected chi connectivity index (χ0v) is 14.4. The van der Waals surface area contributed by atoms with Crippen molar-refractivity contribution in [2.45, 2.75) is 63.1 Å². The van der Waals surface area contributed by atoms with Gasteiger partial charge in [0.1, 0.15) is 0 Å². The van der Waals surface area contributed by atoms with E-state index in [1.54, 1.807) is 0 Å². The third-order valence-corrected chi connectivity index (χ3v) is 6.29. The monoisotopic (exact) mass is 291 g/mol. The number of rotatable bonds is 3. The molecule has 1 saturated carbocycles. The van der Waals surface area contributed by atoms with Crippen molar-refractivity contribution in [1.29, 1.82) is 0 Å². The molecule has 0 aliphatic heterocycles. The Morgan fingerprint density at radius 2 is 1.85 bits per heavy atom. The molecular formula is C18H29NS. The first kappa shape index (κ1) is 15.9. The SMILES string of the molecule is CNC1CCC(C(C)(C)C)CC1Sc1ccccc1C. The summed E-state index contributed by atoms with van der Waals surface area (Å²) in [6, 6.07) is 9.44. The van der Waals surface area contributed by atoms with Crippen molar-refractivity contribution in [2.75, 3.05) is 7.05 Å². The van der Waals surface area contributed by atoms with E-state index in [-0.39, 0.29) is 0 Å². The Morgan fingerprint density at radius 1 is 1.15 bits per heavy atom. The third kappa shape index (κ3) is 3.79. The van der Waals surface area contributed by atoms with Crippen LogP contribution in [0, 0.1) is 18.3 Å². The van der Waals surface area contributed by atoms with Crippen LogP contribution < -0.4 is 5.32 Å². The lowest BCUT2D eigenvalue weighted by Gasteiger charge is -2.41. The van der Waals surface area contributed by atoms with E-state index in [9.17, 15) is 0 Å². The lowest BCUT2D eigenvalue weighted by molar-refractivity contribution is 0.167. The first-order chi connectivity index (χ1) is 9.41. The Labute approximate surface area is 128 Å². The van der Waals surface area contributed by atoms with Crippen molar-refractivity contribution in [3.63, 3.8) is 0 Å². The van der Waals surface area contributed by atoms with Crippen molar-refractivity contribution in [3.8, 4) is 0 Å². The van der Waals surface area contributed by atoms with Crippen LogP contribution in [0.4, 0.5) is 0 Å². The van der Waals surface area contributed by atoms with Crippen LogP contribution in [0.1, 0.15) is 45.6 Å². The summed E-state index contributed by atoms with van der Waals surface area (Å²) in [4.78, 5) is 1.45. The van der Waals surface area contributed by atoms with Gasteiger partial charge in [-0.25, -0.2) is 0 Å². The number of aryl methyl sites for hydroxylation is 1. The molecule has 112 valence electrons. The van der Waals surface area contributed by atoms with E-state index in [2.05, 4.69) is 76.1 Å². The molecule has 0 bridgehead atoms. The standard InChI is InChI=1S/C18H29NS/c1-13-8-6-7-9-16(13)20-17-12-14(18(2,3)4)10-11-15(17)19-5/h6-9,14-15,17,19H,10-12H2,1-5H3. The maximum atomic E-state index is 3.54. The molecule has 1 fully saturated rings. The molecule has 2 heteroatoms. The normalized spacial score (nSPS) is 27.6. The fourth-order valence-electron chi connectivity index (χ4n) is 3.23. The van der Waals surface area contributed by atoms with Gasteiger partial charge in [-0.2, -0.15) is 0 Å². The summed E-state index contributed by atoms with van der Waals surface area (Å²) in [6.45, 7) is 9.41. The molecule has 3 unspecified atom stereocenters. The lowest BCUT2D eigenvalue weighted by atomic mass is 9.71. The predicted molar refractivity (Wildman–Crippen MR) is 90.5 cm³/mol. The molecule has 1 aliphatic rings. The number of hydrogen-bond donors (Lipinski definition) is 1. The highest BCUT2D eigenvalue weighted by atomic mass is 32.2. The average molecular weight is 292 g/mol. The van der Waals surface area contributed by atoms with Crippen molar-refractivity contribution in [1.82, 2.24) is 5.32 Å². The Kier molecular flexibility index (Phi) is 5.19. The van der Waals surface area contributed by atoms with Gasteiger partial charge in [0.05, 0.1) is 0 Å². The molecule has 1 aromatic carbocycles. The van der Waals surface area contributed by atoms with E-state index in [0.29, 0.717) is 16.7 Å². The molecule has 0 heterocycles. The summed E-state index contributed by atoms with van der Waals surface area (Å²) in [5, 5.41) is 4.24. The van der Waals surface area contributed by atoms with Crippen molar-refractivity contribution in [3.05, 3.63) is 29.8 Å². The summed E-state index contributed by atoms with van der Waals surface area (Å²) in [6.07, 6.45) is 4.00. The molecule has 0 saturated heterocycles. The summed E-state index contributed by atoms with van der Waals surface area (Å²) in [5.74, 6) is 0.841. The second-order valence-corrected chi connectivity index (χ2v) is 8.47. The first-order valence-corrected chi connectivity index (χ1v) is 8.69. The minimum atomic E-state index is 0.434. The highest BCUT2D eigenvalue weighted by Crippen LogP contribution is 2.43. The lowest BCUT2D eigenvalue weighted by Crippen LogP contribution is -2.43. The van der Waals surface area contributed by atoms with Gasteiger partial charge >= 0.3 is 0 Å². The van der Waals surface area contributed by atoms with Crippen LogP contribution in [0.25, 0.3) is 0 Å². The smallest absolute Gasteiger partial charge is 0.0251 e. The van der Waals surface area contributed by atoms with E-state index < -0.39 is 0 Å². The predicted octanol–water partition coefficient (Wildman–Crippen LogP) is 4.89. The highest BCUT2D eigenvalue weighted by molar-refractivity contribution is 8.00. The van der Waals surface area contributed by atoms with Crippen LogP contribution in [-0.2, 0) is 0 Å². The molecule has 20 heavy (non-hydrogen) atoms. The minimum absolute atomic E-state index is 0.434. The van der Waals surface area contributed by atoms with Crippen LogP contribution >= 0.6 is 11.8 Å². The maximum Gasteiger partial charge on any atom is 0.0251 e. The third-order valence-electron chi connectivity index (χ3n) is 4.76. The molecule has 0 spiro atoms. The second kappa shape index (κ2) is 6.53. The quantitative estimate of drug-likeness (QED) is 0.851. The largest absolute Gasteiger partial charge is 0.316 e. The molecule has 1 aliphatic carbocycles. The number of thioether (sulfide) groups is 1. The van der Waals surface area contributed by atoms with Gasteiger partial charge in [0.15, 0.2) is 0 Å². The van der Waals surface area contributed by atoms with Gasteiger partial charge < -0.3 is 5.32 Å². The molecule has 0 radical (unpaired) electrons. The minimum Gasteiger partial charge on any atom is -0.316 e.